The van der Waals surface area contributed by atoms with Gasteiger partial charge in [-0.05, 0) is 12.5 Å². The van der Waals surface area contributed by atoms with E-state index in [4.69, 9.17) is 4.74 Å². The summed E-state index contributed by atoms with van der Waals surface area (Å²) in [5.41, 5.74) is 5.30. The standard InChI is InChI=1S/C15H15N5O2/c1-2-22-15(21)14-19-12-9-16-10-17-13(12)20(14)18-8-11-6-4-3-5-7-11/h3-7,9-10,18H,2,8H2,1H3. The van der Waals surface area contributed by atoms with Crippen LogP contribution >= 0.6 is 0 Å². The number of imidazole rings is 1. The molecule has 1 aromatic carbocycles. The van der Waals surface area contributed by atoms with E-state index in [0.29, 0.717) is 17.7 Å². The first-order valence-corrected chi connectivity index (χ1v) is 6.93. The number of hydrogen-bond acceptors (Lipinski definition) is 6. The summed E-state index contributed by atoms with van der Waals surface area (Å²) in [7, 11) is 0. The molecule has 0 atom stereocenters. The van der Waals surface area contributed by atoms with Crippen LogP contribution in [0.3, 0.4) is 0 Å². The van der Waals surface area contributed by atoms with Gasteiger partial charge in [0.25, 0.3) is 0 Å². The van der Waals surface area contributed by atoms with Crippen molar-refractivity contribution in [2.75, 3.05) is 12.0 Å². The Hall–Kier alpha value is -2.96. The number of carbonyl (C=O) groups is 1. The molecule has 3 rings (SSSR count). The SMILES string of the molecule is CCOC(=O)c1nc2cncnc2n1NCc1ccccc1. The average molecular weight is 297 g/mol. The molecular formula is C15H15N5O2. The highest BCUT2D eigenvalue weighted by Crippen LogP contribution is 2.12. The van der Waals surface area contributed by atoms with E-state index >= 15 is 0 Å². The number of nitrogens with one attached hydrogen (secondary N) is 1. The molecule has 1 N–H and O–H groups in total. The lowest BCUT2D eigenvalue weighted by molar-refractivity contribution is 0.0508. The van der Waals surface area contributed by atoms with Crippen LogP contribution in [-0.2, 0) is 11.3 Å². The maximum Gasteiger partial charge on any atom is 0.376 e. The van der Waals surface area contributed by atoms with Gasteiger partial charge in [0.2, 0.25) is 5.82 Å². The fourth-order valence-corrected chi connectivity index (χ4v) is 2.08. The summed E-state index contributed by atoms with van der Waals surface area (Å²) >= 11 is 0. The van der Waals surface area contributed by atoms with Crippen molar-refractivity contribution in [2.24, 2.45) is 0 Å². The Labute approximate surface area is 127 Å². The number of esters is 1. The average Bonchev–Trinajstić information content (AvgIpc) is 2.93. The smallest absolute Gasteiger partial charge is 0.376 e. The van der Waals surface area contributed by atoms with Crippen LogP contribution in [0, 0.1) is 0 Å². The van der Waals surface area contributed by atoms with E-state index in [1.807, 2.05) is 30.3 Å². The van der Waals surface area contributed by atoms with Gasteiger partial charge in [0.15, 0.2) is 5.65 Å². The molecule has 0 saturated carbocycles. The van der Waals surface area contributed by atoms with Gasteiger partial charge >= 0.3 is 5.97 Å². The number of carbonyl (C=O) groups excluding carboxylic acids is 1. The van der Waals surface area contributed by atoms with Gasteiger partial charge in [-0.15, -0.1) is 0 Å². The summed E-state index contributed by atoms with van der Waals surface area (Å²) in [4.78, 5) is 24.4. The minimum absolute atomic E-state index is 0.160. The van der Waals surface area contributed by atoms with Gasteiger partial charge in [-0.2, -0.15) is 0 Å². The number of benzene rings is 1. The summed E-state index contributed by atoms with van der Waals surface area (Å²) in [6, 6.07) is 9.85. The van der Waals surface area contributed by atoms with Crippen molar-refractivity contribution in [3.63, 3.8) is 0 Å². The summed E-state index contributed by atoms with van der Waals surface area (Å²) in [5, 5.41) is 0. The quantitative estimate of drug-likeness (QED) is 0.722. The van der Waals surface area contributed by atoms with Crippen LogP contribution in [0.25, 0.3) is 11.2 Å². The number of hydrogen-bond donors (Lipinski definition) is 1. The first-order valence-electron chi connectivity index (χ1n) is 6.93. The highest BCUT2D eigenvalue weighted by molar-refractivity contribution is 5.90. The second-order valence-corrected chi connectivity index (χ2v) is 4.54. The summed E-state index contributed by atoms with van der Waals surface area (Å²) in [6.07, 6.45) is 2.98. The molecule has 0 unspecified atom stereocenters. The van der Waals surface area contributed by atoms with Gasteiger partial charge in [0.1, 0.15) is 11.8 Å². The molecule has 0 radical (unpaired) electrons. The van der Waals surface area contributed by atoms with Gasteiger partial charge in [0.05, 0.1) is 19.3 Å². The van der Waals surface area contributed by atoms with Crippen molar-refractivity contribution in [3.8, 4) is 0 Å². The van der Waals surface area contributed by atoms with E-state index in [-0.39, 0.29) is 12.4 Å². The zero-order valence-corrected chi connectivity index (χ0v) is 12.1. The topological polar surface area (TPSA) is 81.9 Å². The third kappa shape index (κ3) is 2.73. The van der Waals surface area contributed by atoms with Crippen molar-refractivity contribution < 1.29 is 9.53 Å². The Morgan fingerprint density at radius 1 is 1.32 bits per heavy atom. The van der Waals surface area contributed by atoms with Crippen molar-refractivity contribution in [3.05, 3.63) is 54.2 Å². The largest absolute Gasteiger partial charge is 0.460 e. The number of nitrogens with zero attached hydrogens (tertiary/aromatic N) is 4. The minimum Gasteiger partial charge on any atom is -0.460 e. The lowest BCUT2D eigenvalue weighted by Gasteiger charge is -2.10. The monoisotopic (exact) mass is 297 g/mol. The molecule has 22 heavy (non-hydrogen) atoms. The van der Waals surface area contributed by atoms with Crippen LogP contribution in [0.2, 0.25) is 0 Å². The molecule has 0 aliphatic heterocycles. The molecule has 7 heteroatoms. The maximum atomic E-state index is 12.1. The minimum atomic E-state index is -0.499. The van der Waals surface area contributed by atoms with Crippen molar-refractivity contribution >= 4 is 17.1 Å². The van der Waals surface area contributed by atoms with Crippen LogP contribution < -0.4 is 5.43 Å². The highest BCUT2D eigenvalue weighted by atomic mass is 16.5. The van der Waals surface area contributed by atoms with E-state index in [9.17, 15) is 4.79 Å². The third-order valence-electron chi connectivity index (χ3n) is 3.06. The lowest BCUT2D eigenvalue weighted by Crippen LogP contribution is -2.22. The van der Waals surface area contributed by atoms with E-state index in [1.165, 1.54) is 6.33 Å². The molecule has 2 heterocycles. The Kier molecular flexibility index (Phi) is 3.95. The lowest BCUT2D eigenvalue weighted by atomic mass is 10.2. The molecule has 0 amide bonds. The molecule has 7 nitrogen and oxygen atoms in total. The first kappa shape index (κ1) is 14.0. The van der Waals surface area contributed by atoms with Gasteiger partial charge in [-0.3, -0.25) is 0 Å². The summed E-state index contributed by atoms with van der Waals surface area (Å²) in [5.74, 6) is -0.339. The van der Waals surface area contributed by atoms with E-state index in [2.05, 4.69) is 20.4 Å². The van der Waals surface area contributed by atoms with Gasteiger partial charge in [0, 0.05) is 0 Å². The van der Waals surface area contributed by atoms with Crippen molar-refractivity contribution in [1.29, 1.82) is 0 Å². The Morgan fingerprint density at radius 2 is 2.14 bits per heavy atom. The van der Waals surface area contributed by atoms with Crippen molar-refractivity contribution in [2.45, 2.75) is 13.5 Å². The maximum absolute atomic E-state index is 12.1. The van der Waals surface area contributed by atoms with E-state index in [0.717, 1.165) is 5.56 Å². The van der Waals surface area contributed by atoms with Crippen LogP contribution in [0.15, 0.2) is 42.9 Å². The molecule has 2 aromatic heterocycles. The van der Waals surface area contributed by atoms with E-state index < -0.39 is 5.97 Å². The zero-order valence-electron chi connectivity index (χ0n) is 12.1. The van der Waals surface area contributed by atoms with Gasteiger partial charge in [-0.25, -0.2) is 24.4 Å². The number of aromatic nitrogens is 4. The molecule has 0 saturated heterocycles. The van der Waals surface area contributed by atoms with Crippen LogP contribution in [0.1, 0.15) is 23.1 Å². The normalized spacial score (nSPS) is 10.6. The third-order valence-corrected chi connectivity index (χ3v) is 3.06. The molecule has 3 aromatic rings. The molecule has 0 fully saturated rings. The summed E-state index contributed by atoms with van der Waals surface area (Å²) < 4.78 is 6.58. The Morgan fingerprint density at radius 3 is 2.91 bits per heavy atom. The van der Waals surface area contributed by atoms with Gasteiger partial charge < -0.3 is 10.2 Å². The highest BCUT2D eigenvalue weighted by Gasteiger charge is 2.19. The number of rotatable bonds is 5. The molecule has 0 spiro atoms. The predicted molar refractivity (Wildman–Crippen MR) is 80.8 cm³/mol. The van der Waals surface area contributed by atoms with Gasteiger partial charge in [-0.1, -0.05) is 30.3 Å². The molecule has 112 valence electrons. The Bertz CT molecular complexity index is 785. The molecular weight excluding hydrogens is 282 g/mol. The predicted octanol–water partition coefficient (Wildman–Crippen LogP) is 1.75. The molecule has 0 aliphatic carbocycles. The number of fused-ring (bicyclic) bond motifs is 1. The zero-order chi connectivity index (χ0) is 15.4. The Balaban J connectivity index is 1.95. The van der Waals surface area contributed by atoms with Crippen LogP contribution in [0.5, 0.6) is 0 Å². The van der Waals surface area contributed by atoms with Crippen LogP contribution in [0.4, 0.5) is 0 Å². The first-order chi connectivity index (χ1) is 10.8. The number of ether oxygens (including phenoxy) is 1. The van der Waals surface area contributed by atoms with E-state index in [1.54, 1.807) is 17.8 Å². The van der Waals surface area contributed by atoms with Crippen LogP contribution in [-0.4, -0.2) is 32.2 Å². The fraction of sp³-hybridized carbons (Fsp3) is 0.200. The van der Waals surface area contributed by atoms with Crippen molar-refractivity contribution in [1.82, 2.24) is 19.6 Å². The fourth-order valence-electron chi connectivity index (χ4n) is 2.08. The summed E-state index contributed by atoms with van der Waals surface area (Å²) in [6.45, 7) is 2.57. The molecule has 0 bridgehead atoms. The molecule has 0 aliphatic rings. The second kappa shape index (κ2) is 6.21. The second-order valence-electron chi connectivity index (χ2n) is 4.54.